The first kappa shape index (κ1) is 13.8. The minimum Gasteiger partial charge on any atom is -0.364 e. The van der Waals surface area contributed by atoms with Crippen LogP contribution in [-0.4, -0.2) is 65.0 Å². The minimum atomic E-state index is -0.122. The highest BCUT2D eigenvalue weighted by atomic mass is 16.5. The predicted molar refractivity (Wildman–Crippen MR) is 75.6 cm³/mol. The smallest absolute Gasteiger partial charge is 0.255 e. The van der Waals surface area contributed by atoms with Crippen LogP contribution < -0.4 is 0 Å². The number of rotatable bonds is 3. The van der Waals surface area contributed by atoms with Gasteiger partial charge in [-0.3, -0.25) is 14.6 Å². The van der Waals surface area contributed by atoms with Gasteiger partial charge in [0.05, 0.1) is 17.7 Å². The van der Waals surface area contributed by atoms with Crippen molar-refractivity contribution in [2.24, 2.45) is 0 Å². The van der Waals surface area contributed by atoms with E-state index < -0.39 is 0 Å². The Balaban J connectivity index is 1.76. The van der Waals surface area contributed by atoms with Crippen LogP contribution in [0.1, 0.15) is 10.4 Å². The lowest BCUT2D eigenvalue weighted by molar-refractivity contribution is -0.151. The molecule has 0 bridgehead atoms. The lowest BCUT2D eigenvalue weighted by atomic mass is 10.1. The molecular formula is C15H17N3O3. The van der Waals surface area contributed by atoms with Crippen molar-refractivity contribution >= 4 is 11.8 Å². The molecule has 6 nitrogen and oxygen atoms in total. The third-order valence-corrected chi connectivity index (χ3v) is 3.90. The highest BCUT2D eigenvalue weighted by Gasteiger charge is 2.44. The maximum Gasteiger partial charge on any atom is 0.255 e. The number of fused-ring (bicyclic) bond motifs is 1. The van der Waals surface area contributed by atoms with Gasteiger partial charge in [0.15, 0.2) is 0 Å². The van der Waals surface area contributed by atoms with Gasteiger partial charge in [-0.05, 0) is 12.1 Å². The van der Waals surface area contributed by atoms with Crippen molar-refractivity contribution in [3.8, 4) is 0 Å². The van der Waals surface area contributed by atoms with Crippen molar-refractivity contribution in [3.63, 3.8) is 0 Å². The fraction of sp³-hybridized carbons (Fsp3) is 0.400. The zero-order valence-electron chi connectivity index (χ0n) is 11.6. The molecular weight excluding hydrogens is 270 g/mol. The van der Waals surface area contributed by atoms with E-state index in [1.165, 1.54) is 0 Å². The van der Waals surface area contributed by atoms with Crippen LogP contribution in [0.25, 0.3) is 0 Å². The number of likely N-dealkylation sites (tertiary alicyclic amines) is 1. The zero-order chi connectivity index (χ0) is 14.8. The third-order valence-electron chi connectivity index (χ3n) is 3.90. The number of nitrogens with zero attached hydrogens (tertiary/aromatic N) is 3. The summed E-state index contributed by atoms with van der Waals surface area (Å²) in [6.07, 6.45) is 4.76. The Kier molecular flexibility index (Phi) is 3.70. The summed E-state index contributed by atoms with van der Waals surface area (Å²) in [6.45, 7) is 5.22. The monoisotopic (exact) mass is 287 g/mol. The van der Waals surface area contributed by atoms with Crippen molar-refractivity contribution in [3.05, 3.63) is 42.7 Å². The number of aromatic nitrogens is 1. The van der Waals surface area contributed by atoms with Crippen LogP contribution in [0.15, 0.2) is 37.2 Å². The van der Waals surface area contributed by atoms with Gasteiger partial charge in [-0.1, -0.05) is 6.08 Å². The Bertz CT molecular complexity index is 561. The molecule has 3 rings (SSSR count). The molecule has 2 fully saturated rings. The van der Waals surface area contributed by atoms with Crippen LogP contribution in [-0.2, 0) is 9.53 Å². The minimum absolute atomic E-state index is 0.0492. The topological polar surface area (TPSA) is 62.7 Å². The molecule has 2 amide bonds. The molecule has 2 aliphatic heterocycles. The molecule has 1 aromatic rings. The highest BCUT2D eigenvalue weighted by molar-refractivity contribution is 5.94. The fourth-order valence-electron chi connectivity index (χ4n) is 2.88. The Hall–Kier alpha value is -2.21. The Morgan fingerprint density at radius 3 is 3.10 bits per heavy atom. The SMILES string of the molecule is C=CCN1C(=O)COC2CN(C(=O)c3cccnc3)CC21. The van der Waals surface area contributed by atoms with Crippen molar-refractivity contribution in [1.82, 2.24) is 14.8 Å². The lowest BCUT2D eigenvalue weighted by Crippen LogP contribution is -2.53. The van der Waals surface area contributed by atoms with Crippen molar-refractivity contribution < 1.29 is 14.3 Å². The molecule has 1 aromatic heterocycles. The number of pyridine rings is 1. The molecule has 0 N–H and O–H groups in total. The van der Waals surface area contributed by atoms with E-state index in [1.807, 2.05) is 0 Å². The van der Waals surface area contributed by atoms with E-state index in [2.05, 4.69) is 11.6 Å². The van der Waals surface area contributed by atoms with E-state index in [1.54, 1.807) is 40.4 Å². The van der Waals surface area contributed by atoms with E-state index in [9.17, 15) is 9.59 Å². The Morgan fingerprint density at radius 1 is 1.52 bits per heavy atom. The van der Waals surface area contributed by atoms with Crippen LogP contribution in [0.4, 0.5) is 0 Å². The van der Waals surface area contributed by atoms with Gasteiger partial charge in [0.25, 0.3) is 5.91 Å². The molecule has 0 radical (unpaired) electrons. The van der Waals surface area contributed by atoms with E-state index in [-0.39, 0.29) is 30.6 Å². The van der Waals surface area contributed by atoms with E-state index >= 15 is 0 Å². The second-order valence-electron chi connectivity index (χ2n) is 5.20. The standard InChI is InChI=1S/C15H17N3O3/c1-2-6-18-12-8-17(9-13(12)21-10-14(18)19)15(20)11-4-3-5-16-7-11/h2-5,7,12-13H,1,6,8-10H2. The van der Waals surface area contributed by atoms with Crippen LogP contribution >= 0.6 is 0 Å². The van der Waals surface area contributed by atoms with Crippen LogP contribution in [0, 0.1) is 0 Å². The first-order valence-electron chi connectivity index (χ1n) is 6.92. The van der Waals surface area contributed by atoms with Gasteiger partial charge in [-0.15, -0.1) is 6.58 Å². The molecule has 21 heavy (non-hydrogen) atoms. The lowest BCUT2D eigenvalue weighted by Gasteiger charge is -2.35. The van der Waals surface area contributed by atoms with Gasteiger partial charge >= 0.3 is 0 Å². The number of hydrogen-bond donors (Lipinski definition) is 0. The maximum absolute atomic E-state index is 12.4. The molecule has 3 heterocycles. The average Bonchev–Trinajstić information content (AvgIpc) is 2.95. The van der Waals surface area contributed by atoms with Crippen molar-refractivity contribution in [2.75, 3.05) is 26.2 Å². The Morgan fingerprint density at radius 2 is 2.38 bits per heavy atom. The largest absolute Gasteiger partial charge is 0.364 e. The van der Waals surface area contributed by atoms with Gasteiger partial charge in [0, 0.05) is 32.0 Å². The number of carbonyl (C=O) groups is 2. The van der Waals surface area contributed by atoms with Crippen molar-refractivity contribution in [2.45, 2.75) is 12.1 Å². The zero-order valence-corrected chi connectivity index (χ0v) is 11.6. The van der Waals surface area contributed by atoms with Gasteiger partial charge in [0.2, 0.25) is 5.91 Å². The molecule has 2 saturated heterocycles. The Labute approximate surface area is 123 Å². The molecule has 2 atom stereocenters. The fourth-order valence-corrected chi connectivity index (χ4v) is 2.88. The van der Waals surface area contributed by atoms with Crippen LogP contribution in [0.5, 0.6) is 0 Å². The van der Waals surface area contributed by atoms with E-state index in [4.69, 9.17) is 4.74 Å². The van der Waals surface area contributed by atoms with Gasteiger partial charge < -0.3 is 14.5 Å². The molecule has 0 saturated carbocycles. The molecule has 0 aliphatic carbocycles. The summed E-state index contributed by atoms with van der Waals surface area (Å²) in [5.74, 6) is -0.126. The molecule has 110 valence electrons. The first-order chi connectivity index (χ1) is 10.2. The quantitative estimate of drug-likeness (QED) is 0.751. The summed E-state index contributed by atoms with van der Waals surface area (Å²) < 4.78 is 5.57. The number of carbonyl (C=O) groups excluding carboxylic acids is 2. The van der Waals surface area contributed by atoms with Crippen LogP contribution in [0.3, 0.4) is 0 Å². The summed E-state index contributed by atoms with van der Waals surface area (Å²) in [7, 11) is 0. The average molecular weight is 287 g/mol. The third kappa shape index (κ3) is 2.54. The van der Waals surface area contributed by atoms with Crippen molar-refractivity contribution in [1.29, 1.82) is 0 Å². The number of amides is 2. The maximum atomic E-state index is 12.4. The van der Waals surface area contributed by atoms with Gasteiger partial charge in [0.1, 0.15) is 6.61 Å². The highest BCUT2D eigenvalue weighted by Crippen LogP contribution is 2.24. The van der Waals surface area contributed by atoms with E-state index in [0.717, 1.165) is 0 Å². The number of morpholine rings is 1. The first-order valence-corrected chi connectivity index (χ1v) is 6.92. The predicted octanol–water partition coefficient (Wildman–Crippen LogP) is 0.319. The van der Waals surface area contributed by atoms with Gasteiger partial charge in [-0.2, -0.15) is 0 Å². The molecule has 2 unspecified atom stereocenters. The molecule has 2 aliphatic rings. The normalized spacial score (nSPS) is 24.9. The summed E-state index contributed by atoms with van der Waals surface area (Å²) in [4.78, 5) is 31.8. The summed E-state index contributed by atoms with van der Waals surface area (Å²) >= 11 is 0. The molecule has 0 aromatic carbocycles. The summed E-state index contributed by atoms with van der Waals surface area (Å²) in [5.41, 5.74) is 0.553. The second kappa shape index (κ2) is 5.65. The number of hydrogen-bond acceptors (Lipinski definition) is 4. The molecule has 0 spiro atoms. The summed E-state index contributed by atoms with van der Waals surface area (Å²) in [5, 5.41) is 0. The number of ether oxygens (including phenoxy) is 1. The second-order valence-corrected chi connectivity index (χ2v) is 5.20. The van der Waals surface area contributed by atoms with Gasteiger partial charge in [-0.25, -0.2) is 0 Å². The van der Waals surface area contributed by atoms with E-state index in [0.29, 0.717) is 25.2 Å². The summed E-state index contributed by atoms with van der Waals surface area (Å²) in [6, 6.07) is 3.38. The van der Waals surface area contributed by atoms with Crippen LogP contribution in [0.2, 0.25) is 0 Å². The molecule has 6 heteroatoms.